The van der Waals surface area contributed by atoms with E-state index >= 15 is 0 Å². The van der Waals surface area contributed by atoms with Crippen LogP contribution in [0.3, 0.4) is 0 Å². The van der Waals surface area contributed by atoms with Gasteiger partial charge in [0.25, 0.3) is 5.91 Å². The number of aryl methyl sites for hydroxylation is 2. The molecule has 4 heteroatoms. The van der Waals surface area contributed by atoms with Gasteiger partial charge in [0, 0.05) is 12.1 Å². The van der Waals surface area contributed by atoms with Gasteiger partial charge in [-0.05, 0) is 55.7 Å². The molecule has 4 nitrogen and oxygen atoms in total. The Bertz CT molecular complexity index is 1130. The van der Waals surface area contributed by atoms with E-state index in [1.54, 1.807) is 0 Å². The maximum Gasteiger partial charge on any atom is 0.251 e. The molecule has 0 bridgehead atoms. The predicted molar refractivity (Wildman–Crippen MR) is 113 cm³/mol. The van der Waals surface area contributed by atoms with E-state index in [1.165, 1.54) is 16.7 Å². The number of imidazole rings is 1. The van der Waals surface area contributed by atoms with E-state index in [-0.39, 0.29) is 5.91 Å². The molecule has 0 unspecified atom stereocenters. The Morgan fingerprint density at radius 1 is 1.00 bits per heavy atom. The summed E-state index contributed by atoms with van der Waals surface area (Å²) < 4.78 is 2.07. The summed E-state index contributed by atoms with van der Waals surface area (Å²) >= 11 is 0. The summed E-state index contributed by atoms with van der Waals surface area (Å²) in [5.41, 5.74) is 7.19. The third-order valence-corrected chi connectivity index (χ3v) is 4.96. The third kappa shape index (κ3) is 3.67. The smallest absolute Gasteiger partial charge is 0.251 e. The van der Waals surface area contributed by atoms with Crippen LogP contribution in [0.5, 0.6) is 0 Å². The van der Waals surface area contributed by atoms with Crippen molar-refractivity contribution < 1.29 is 4.79 Å². The van der Waals surface area contributed by atoms with Gasteiger partial charge in [0.1, 0.15) is 6.33 Å². The molecule has 3 aromatic carbocycles. The van der Waals surface area contributed by atoms with E-state index in [9.17, 15) is 4.79 Å². The number of benzene rings is 3. The third-order valence-electron chi connectivity index (χ3n) is 4.96. The van der Waals surface area contributed by atoms with Crippen LogP contribution >= 0.6 is 0 Å². The van der Waals surface area contributed by atoms with Crippen LogP contribution in [0.4, 0.5) is 0 Å². The number of nitrogens with one attached hydrogen (secondary N) is 1. The van der Waals surface area contributed by atoms with Crippen molar-refractivity contribution >= 4 is 16.9 Å². The Kier molecular flexibility index (Phi) is 4.94. The lowest BCUT2D eigenvalue weighted by molar-refractivity contribution is 0.0954. The minimum Gasteiger partial charge on any atom is -0.352 e. The second-order valence-electron chi connectivity index (χ2n) is 7.10. The summed E-state index contributed by atoms with van der Waals surface area (Å²) in [4.78, 5) is 17.0. The number of rotatable bonds is 5. The van der Waals surface area contributed by atoms with E-state index in [4.69, 9.17) is 0 Å². The number of amides is 1. The van der Waals surface area contributed by atoms with Gasteiger partial charge in [-0.3, -0.25) is 9.36 Å². The lowest BCUT2D eigenvalue weighted by Gasteiger charge is -2.09. The van der Waals surface area contributed by atoms with Crippen LogP contribution < -0.4 is 5.32 Å². The second-order valence-corrected chi connectivity index (χ2v) is 7.10. The minimum absolute atomic E-state index is 0.0705. The number of carbonyl (C=O) groups excluding carboxylic acids is 1. The highest BCUT2D eigenvalue weighted by Crippen LogP contribution is 2.22. The maximum absolute atomic E-state index is 12.5. The molecule has 0 saturated heterocycles. The Labute approximate surface area is 164 Å². The van der Waals surface area contributed by atoms with E-state index in [0.29, 0.717) is 12.1 Å². The molecular formula is C24H23N3O. The lowest BCUT2D eigenvalue weighted by atomic mass is 10.1. The van der Waals surface area contributed by atoms with Crippen molar-refractivity contribution in [2.75, 3.05) is 6.54 Å². The van der Waals surface area contributed by atoms with E-state index in [2.05, 4.69) is 59.0 Å². The van der Waals surface area contributed by atoms with Crippen molar-refractivity contribution in [1.82, 2.24) is 14.9 Å². The van der Waals surface area contributed by atoms with Gasteiger partial charge in [-0.25, -0.2) is 4.98 Å². The van der Waals surface area contributed by atoms with Crippen molar-refractivity contribution in [2.45, 2.75) is 20.3 Å². The molecule has 0 aliphatic rings. The average Bonchev–Trinajstić information content (AvgIpc) is 3.12. The van der Waals surface area contributed by atoms with Crippen molar-refractivity contribution in [3.05, 3.63) is 95.3 Å². The summed E-state index contributed by atoms with van der Waals surface area (Å²) in [5, 5.41) is 2.99. The molecule has 0 saturated carbocycles. The first-order chi connectivity index (χ1) is 13.6. The highest BCUT2D eigenvalue weighted by molar-refractivity contribution is 5.97. The molecule has 1 heterocycles. The van der Waals surface area contributed by atoms with Gasteiger partial charge >= 0.3 is 0 Å². The van der Waals surface area contributed by atoms with Gasteiger partial charge in [0.2, 0.25) is 0 Å². The van der Waals surface area contributed by atoms with Crippen LogP contribution in [0.15, 0.2) is 73.1 Å². The summed E-state index contributed by atoms with van der Waals surface area (Å²) in [7, 11) is 0. The molecule has 0 aliphatic heterocycles. The molecule has 4 rings (SSSR count). The van der Waals surface area contributed by atoms with E-state index < -0.39 is 0 Å². The van der Waals surface area contributed by atoms with Crippen molar-refractivity contribution in [3.8, 4) is 5.69 Å². The van der Waals surface area contributed by atoms with Gasteiger partial charge in [-0.1, -0.05) is 48.0 Å². The first-order valence-corrected chi connectivity index (χ1v) is 9.49. The fraction of sp³-hybridized carbons (Fsp3) is 0.167. The zero-order valence-corrected chi connectivity index (χ0v) is 16.1. The van der Waals surface area contributed by atoms with Crippen LogP contribution in [0.1, 0.15) is 27.0 Å². The summed E-state index contributed by atoms with van der Waals surface area (Å²) in [5.74, 6) is -0.0705. The van der Waals surface area contributed by atoms with Crippen LogP contribution in [0.2, 0.25) is 0 Å². The Morgan fingerprint density at radius 3 is 2.61 bits per heavy atom. The topological polar surface area (TPSA) is 46.9 Å². The average molecular weight is 369 g/mol. The maximum atomic E-state index is 12.5. The lowest BCUT2D eigenvalue weighted by Crippen LogP contribution is -2.25. The predicted octanol–water partition coefficient (Wildman–Crippen LogP) is 4.61. The standard InChI is InChI=1S/C24H23N3O/c1-17-8-10-22(18(2)14-17)27-16-26-21-15-20(9-11-23(21)27)24(28)25-13-12-19-6-4-3-5-7-19/h3-11,14-16H,12-13H2,1-2H3,(H,25,28). The number of carbonyl (C=O) groups is 1. The normalized spacial score (nSPS) is 10.9. The van der Waals surface area contributed by atoms with Gasteiger partial charge in [0.15, 0.2) is 0 Å². The molecule has 1 aromatic heterocycles. The van der Waals surface area contributed by atoms with Crippen LogP contribution in [0, 0.1) is 13.8 Å². The Balaban J connectivity index is 1.51. The first-order valence-electron chi connectivity index (χ1n) is 9.49. The largest absolute Gasteiger partial charge is 0.352 e. The number of aromatic nitrogens is 2. The molecular weight excluding hydrogens is 346 g/mol. The highest BCUT2D eigenvalue weighted by Gasteiger charge is 2.11. The number of nitrogens with zero attached hydrogens (tertiary/aromatic N) is 2. The van der Waals surface area contributed by atoms with Gasteiger partial charge in [0.05, 0.1) is 16.7 Å². The fourth-order valence-corrected chi connectivity index (χ4v) is 3.49. The molecule has 0 radical (unpaired) electrons. The van der Waals surface area contributed by atoms with Crippen molar-refractivity contribution in [1.29, 1.82) is 0 Å². The number of fused-ring (bicyclic) bond motifs is 1. The Morgan fingerprint density at radius 2 is 1.82 bits per heavy atom. The zero-order chi connectivity index (χ0) is 19.5. The summed E-state index contributed by atoms with van der Waals surface area (Å²) in [6.45, 7) is 4.80. The number of hydrogen-bond acceptors (Lipinski definition) is 2. The molecule has 0 atom stereocenters. The minimum atomic E-state index is -0.0705. The molecule has 0 fully saturated rings. The van der Waals surface area contributed by atoms with Gasteiger partial charge in [-0.2, -0.15) is 0 Å². The molecule has 1 amide bonds. The molecule has 28 heavy (non-hydrogen) atoms. The van der Waals surface area contributed by atoms with Crippen LogP contribution in [-0.2, 0) is 6.42 Å². The first kappa shape index (κ1) is 18.0. The van der Waals surface area contributed by atoms with Gasteiger partial charge in [-0.15, -0.1) is 0 Å². The molecule has 140 valence electrons. The molecule has 4 aromatic rings. The monoisotopic (exact) mass is 369 g/mol. The quantitative estimate of drug-likeness (QED) is 0.558. The Hall–Kier alpha value is -3.40. The zero-order valence-electron chi connectivity index (χ0n) is 16.1. The molecule has 0 aliphatic carbocycles. The summed E-state index contributed by atoms with van der Waals surface area (Å²) in [6.07, 6.45) is 2.63. The fourth-order valence-electron chi connectivity index (χ4n) is 3.49. The highest BCUT2D eigenvalue weighted by atomic mass is 16.1. The van der Waals surface area contributed by atoms with Crippen LogP contribution in [-0.4, -0.2) is 22.0 Å². The molecule has 0 spiro atoms. The molecule has 1 N–H and O–H groups in total. The van der Waals surface area contributed by atoms with E-state index in [0.717, 1.165) is 23.1 Å². The SMILES string of the molecule is Cc1ccc(-n2cnc3cc(C(=O)NCCc4ccccc4)ccc32)c(C)c1. The van der Waals surface area contributed by atoms with E-state index in [1.807, 2.05) is 42.7 Å². The van der Waals surface area contributed by atoms with Gasteiger partial charge < -0.3 is 5.32 Å². The van der Waals surface area contributed by atoms with Crippen LogP contribution in [0.25, 0.3) is 16.7 Å². The van der Waals surface area contributed by atoms with Crippen molar-refractivity contribution in [2.24, 2.45) is 0 Å². The summed E-state index contributed by atoms with van der Waals surface area (Å²) in [6, 6.07) is 22.2. The number of hydrogen-bond donors (Lipinski definition) is 1. The second kappa shape index (κ2) is 7.69. The van der Waals surface area contributed by atoms with Crippen molar-refractivity contribution in [3.63, 3.8) is 0 Å².